The largest absolute Gasteiger partial charge is 0.454 e. The fourth-order valence-corrected chi connectivity index (χ4v) is 3.27. The lowest BCUT2D eigenvalue weighted by atomic mass is 9.92. The van der Waals surface area contributed by atoms with Crippen LogP contribution in [-0.2, 0) is 14.3 Å². The lowest BCUT2D eigenvalue weighted by molar-refractivity contribution is -0.152. The van der Waals surface area contributed by atoms with Crippen LogP contribution in [0.25, 0.3) is 0 Å². The first-order valence-corrected chi connectivity index (χ1v) is 9.11. The Kier molecular flexibility index (Phi) is 6.99. The summed E-state index contributed by atoms with van der Waals surface area (Å²) >= 11 is 3.29. The lowest BCUT2D eigenvalue weighted by Crippen LogP contribution is -2.44. The number of hydrogen-bond donors (Lipinski definition) is 1. The standard InChI is InChI=1S/C18H23BrN2O4/c1-12-7-13(2)10-21(9-12)16(22)11-25-17(23)8-20-18(24)14-3-5-15(19)6-4-14/h3-6,12-13H,7-11H2,1-2H3,(H,20,24)/t12-,13-/m0/s1. The van der Waals surface area contributed by atoms with Crippen molar-refractivity contribution in [2.45, 2.75) is 20.3 Å². The fourth-order valence-electron chi connectivity index (χ4n) is 3.01. The van der Waals surface area contributed by atoms with Crippen LogP contribution in [0.1, 0.15) is 30.6 Å². The van der Waals surface area contributed by atoms with Crippen molar-refractivity contribution in [3.63, 3.8) is 0 Å². The van der Waals surface area contributed by atoms with E-state index in [2.05, 4.69) is 35.1 Å². The highest BCUT2D eigenvalue weighted by Crippen LogP contribution is 2.20. The molecule has 1 aromatic carbocycles. The normalized spacial score (nSPS) is 20.0. The maximum Gasteiger partial charge on any atom is 0.325 e. The average molecular weight is 411 g/mol. The third-order valence-corrected chi connectivity index (χ3v) is 4.61. The molecule has 0 saturated carbocycles. The van der Waals surface area contributed by atoms with E-state index in [9.17, 15) is 14.4 Å². The molecule has 2 rings (SSSR count). The molecule has 25 heavy (non-hydrogen) atoms. The van der Waals surface area contributed by atoms with Crippen molar-refractivity contribution in [3.8, 4) is 0 Å². The predicted octanol–water partition coefficient (Wildman–Crippen LogP) is 2.23. The number of nitrogens with zero attached hydrogens (tertiary/aromatic N) is 1. The molecule has 136 valence electrons. The van der Waals surface area contributed by atoms with Gasteiger partial charge in [-0.15, -0.1) is 0 Å². The second kappa shape index (κ2) is 8.99. The number of benzene rings is 1. The summed E-state index contributed by atoms with van der Waals surface area (Å²) in [5, 5.41) is 2.48. The van der Waals surface area contributed by atoms with Gasteiger partial charge in [0, 0.05) is 23.1 Å². The first-order chi connectivity index (χ1) is 11.8. The number of esters is 1. The van der Waals surface area contributed by atoms with Gasteiger partial charge in [-0.2, -0.15) is 0 Å². The first-order valence-electron chi connectivity index (χ1n) is 8.32. The quantitative estimate of drug-likeness (QED) is 0.755. The fraction of sp³-hybridized carbons (Fsp3) is 0.500. The molecule has 0 spiro atoms. The smallest absolute Gasteiger partial charge is 0.325 e. The Morgan fingerprint density at radius 2 is 1.76 bits per heavy atom. The molecule has 0 radical (unpaired) electrons. The Morgan fingerprint density at radius 3 is 2.36 bits per heavy atom. The summed E-state index contributed by atoms with van der Waals surface area (Å²) in [7, 11) is 0. The molecule has 0 bridgehead atoms. The third-order valence-electron chi connectivity index (χ3n) is 4.08. The molecular formula is C18H23BrN2O4. The summed E-state index contributed by atoms with van der Waals surface area (Å²) in [6.07, 6.45) is 1.10. The second-order valence-electron chi connectivity index (χ2n) is 6.60. The molecule has 2 atom stereocenters. The topological polar surface area (TPSA) is 75.7 Å². The van der Waals surface area contributed by atoms with Crippen molar-refractivity contribution in [2.24, 2.45) is 11.8 Å². The highest BCUT2D eigenvalue weighted by molar-refractivity contribution is 9.10. The molecule has 1 heterocycles. The zero-order chi connectivity index (χ0) is 18.4. The van der Waals surface area contributed by atoms with Gasteiger partial charge in [0.2, 0.25) is 0 Å². The van der Waals surface area contributed by atoms with E-state index in [1.165, 1.54) is 0 Å². The van der Waals surface area contributed by atoms with Gasteiger partial charge in [-0.05, 0) is 42.5 Å². The zero-order valence-corrected chi connectivity index (χ0v) is 16.0. The molecule has 2 amide bonds. The van der Waals surface area contributed by atoms with E-state index < -0.39 is 5.97 Å². The molecule has 1 fully saturated rings. The highest BCUT2D eigenvalue weighted by atomic mass is 79.9. The van der Waals surface area contributed by atoms with Crippen LogP contribution in [0.4, 0.5) is 0 Å². The Labute approximate surface area is 156 Å². The van der Waals surface area contributed by atoms with E-state index in [0.717, 1.165) is 10.9 Å². The average Bonchev–Trinajstić information content (AvgIpc) is 2.57. The van der Waals surface area contributed by atoms with Crippen LogP contribution in [0.3, 0.4) is 0 Å². The number of likely N-dealkylation sites (tertiary alicyclic amines) is 1. The zero-order valence-electron chi connectivity index (χ0n) is 14.5. The highest BCUT2D eigenvalue weighted by Gasteiger charge is 2.25. The molecule has 0 aliphatic carbocycles. The third kappa shape index (κ3) is 6.16. The Balaban J connectivity index is 1.72. The number of nitrogens with one attached hydrogen (secondary N) is 1. The molecule has 1 aliphatic rings. The van der Waals surface area contributed by atoms with Gasteiger partial charge in [-0.25, -0.2) is 0 Å². The van der Waals surface area contributed by atoms with Gasteiger partial charge in [0.05, 0.1) is 0 Å². The molecule has 1 saturated heterocycles. The van der Waals surface area contributed by atoms with Crippen LogP contribution in [0.5, 0.6) is 0 Å². The summed E-state index contributed by atoms with van der Waals surface area (Å²) in [5.74, 6) is -0.278. The minimum absolute atomic E-state index is 0.189. The van der Waals surface area contributed by atoms with Gasteiger partial charge in [-0.3, -0.25) is 14.4 Å². The maximum atomic E-state index is 12.1. The molecule has 0 unspecified atom stereocenters. The van der Waals surface area contributed by atoms with Gasteiger partial charge in [0.25, 0.3) is 11.8 Å². The second-order valence-corrected chi connectivity index (χ2v) is 7.51. The Bertz CT molecular complexity index is 622. The van der Waals surface area contributed by atoms with Crippen molar-refractivity contribution >= 4 is 33.7 Å². The van der Waals surface area contributed by atoms with E-state index >= 15 is 0 Å². The van der Waals surface area contributed by atoms with Gasteiger partial charge in [0.1, 0.15) is 6.54 Å². The van der Waals surface area contributed by atoms with Gasteiger partial charge in [0.15, 0.2) is 6.61 Å². The van der Waals surface area contributed by atoms with Gasteiger partial charge >= 0.3 is 5.97 Å². The predicted molar refractivity (Wildman–Crippen MR) is 97.0 cm³/mol. The minimum atomic E-state index is -0.628. The molecule has 7 heteroatoms. The molecule has 6 nitrogen and oxygen atoms in total. The van der Waals surface area contributed by atoms with Crippen LogP contribution in [-0.4, -0.2) is 48.9 Å². The SMILES string of the molecule is C[C@H]1C[C@H](C)CN(C(=O)COC(=O)CNC(=O)c2ccc(Br)cc2)C1. The minimum Gasteiger partial charge on any atom is -0.454 e. The van der Waals surface area contributed by atoms with Crippen LogP contribution in [0.15, 0.2) is 28.7 Å². The Hall–Kier alpha value is -1.89. The molecule has 1 N–H and O–H groups in total. The summed E-state index contributed by atoms with van der Waals surface area (Å²) in [6, 6.07) is 6.78. The van der Waals surface area contributed by atoms with E-state index in [4.69, 9.17) is 4.74 Å². The van der Waals surface area contributed by atoms with Crippen molar-refractivity contribution < 1.29 is 19.1 Å². The molecule has 1 aromatic rings. The first kappa shape index (κ1) is 19.4. The van der Waals surface area contributed by atoms with E-state index in [-0.39, 0.29) is 25.0 Å². The van der Waals surface area contributed by atoms with Crippen LogP contribution in [0.2, 0.25) is 0 Å². The number of halogens is 1. The van der Waals surface area contributed by atoms with Gasteiger partial charge < -0.3 is 15.0 Å². The van der Waals surface area contributed by atoms with Crippen LogP contribution in [0, 0.1) is 11.8 Å². The van der Waals surface area contributed by atoms with E-state index in [1.54, 1.807) is 29.2 Å². The molecular weight excluding hydrogens is 388 g/mol. The van der Waals surface area contributed by atoms with Crippen molar-refractivity contribution in [3.05, 3.63) is 34.3 Å². The lowest BCUT2D eigenvalue weighted by Gasteiger charge is -2.34. The van der Waals surface area contributed by atoms with Crippen molar-refractivity contribution in [2.75, 3.05) is 26.2 Å². The van der Waals surface area contributed by atoms with E-state index in [1.807, 2.05) is 0 Å². The van der Waals surface area contributed by atoms with E-state index in [0.29, 0.717) is 30.5 Å². The maximum absolute atomic E-state index is 12.1. The number of amides is 2. The molecule has 0 aromatic heterocycles. The Morgan fingerprint density at radius 1 is 1.16 bits per heavy atom. The summed E-state index contributed by atoms with van der Waals surface area (Å²) in [6.45, 7) is 5.06. The number of ether oxygens (including phenoxy) is 1. The number of hydrogen-bond acceptors (Lipinski definition) is 4. The van der Waals surface area contributed by atoms with Crippen LogP contribution < -0.4 is 5.32 Å². The van der Waals surface area contributed by atoms with Crippen LogP contribution >= 0.6 is 15.9 Å². The number of piperidine rings is 1. The number of carbonyl (C=O) groups excluding carboxylic acids is 3. The number of carbonyl (C=O) groups is 3. The summed E-state index contributed by atoms with van der Waals surface area (Å²) < 4.78 is 5.84. The summed E-state index contributed by atoms with van der Waals surface area (Å²) in [5.41, 5.74) is 0.448. The summed E-state index contributed by atoms with van der Waals surface area (Å²) in [4.78, 5) is 37.5. The van der Waals surface area contributed by atoms with Crippen molar-refractivity contribution in [1.29, 1.82) is 0 Å². The monoisotopic (exact) mass is 410 g/mol. The van der Waals surface area contributed by atoms with Gasteiger partial charge in [-0.1, -0.05) is 29.8 Å². The number of rotatable bonds is 5. The molecule has 1 aliphatic heterocycles. The van der Waals surface area contributed by atoms with Crippen molar-refractivity contribution in [1.82, 2.24) is 10.2 Å².